The summed E-state index contributed by atoms with van der Waals surface area (Å²) in [4.78, 5) is 0. The van der Waals surface area contributed by atoms with E-state index in [1.54, 1.807) is 0 Å². The lowest BCUT2D eigenvalue weighted by Gasteiger charge is -2.35. The molecule has 1 aliphatic heterocycles. The van der Waals surface area contributed by atoms with Crippen LogP contribution in [0.5, 0.6) is 0 Å². The van der Waals surface area contributed by atoms with E-state index in [0.29, 0.717) is 0 Å². The van der Waals surface area contributed by atoms with E-state index in [1.165, 1.54) is 23.1 Å². The molecule has 17 heavy (non-hydrogen) atoms. The topological polar surface area (TPSA) is 12.0 Å². The molecule has 1 heteroatoms. The van der Waals surface area contributed by atoms with Gasteiger partial charge in [0.1, 0.15) is 0 Å². The van der Waals surface area contributed by atoms with Gasteiger partial charge in [-0.1, -0.05) is 52.8 Å². The Hall–Kier alpha value is -0.820. The summed E-state index contributed by atoms with van der Waals surface area (Å²) in [7, 11) is 0. The van der Waals surface area contributed by atoms with Crippen molar-refractivity contribution in [2.24, 2.45) is 0 Å². The monoisotopic (exact) mass is 231 g/mol. The van der Waals surface area contributed by atoms with Crippen LogP contribution < -0.4 is 5.32 Å². The van der Waals surface area contributed by atoms with Gasteiger partial charge in [0.25, 0.3) is 0 Å². The molecule has 0 atom stereocenters. The summed E-state index contributed by atoms with van der Waals surface area (Å²) < 4.78 is 0. The van der Waals surface area contributed by atoms with Crippen LogP contribution in [-0.2, 0) is 17.4 Å². The van der Waals surface area contributed by atoms with Gasteiger partial charge >= 0.3 is 0 Å². The van der Waals surface area contributed by atoms with Crippen LogP contribution in [0, 0.1) is 0 Å². The van der Waals surface area contributed by atoms with Gasteiger partial charge in [-0.15, -0.1) is 0 Å². The number of rotatable bonds is 2. The van der Waals surface area contributed by atoms with Crippen LogP contribution in [0.4, 0.5) is 0 Å². The SMILES string of the molecule is CCC(C)(C)c1ccc2c(c1)CNCC2(C)C. The van der Waals surface area contributed by atoms with Crippen molar-refractivity contribution < 1.29 is 0 Å². The number of nitrogens with one attached hydrogen (secondary N) is 1. The summed E-state index contributed by atoms with van der Waals surface area (Å²) in [6, 6.07) is 7.09. The largest absolute Gasteiger partial charge is 0.312 e. The van der Waals surface area contributed by atoms with E-state index in [2.05, 4.69) is 58.1 Å². The highest BCUT2D eigenvalue weighted by molar-refractivity contribution is 5.41. The maximum absolute atomic E-state index is 3.53. The Kier molecular flexibility index (Phi) is 3.07. The first-order valence-corrected chi connectivity index (χ1v) is 6.71. The Morgan fingerprint density at radius 1 is 1.29 bits per heavy atom. The number of benzene rings is 1. The zero-order valence-electron chi connectivity index (χ0n) is 11.9. The Labute approximate surface area is 106 Å². The summed E-state index contributed by atoms with van der Waals surface area (Å²) >= 11 is 0. The molecule has 94 valence electrons. The maximum Gasteiger partial charge on any atom is 0.0208 e. The van der Waals surface area contributed by atoms with E-state index in [4.69, 9.17) is 0 Å². The molecule has 0 fully saturated rings. The molecule has 0 aliphatic carbocycles. The molecule has 1 N–H and O–H groups in total. The van der Waals surface area contributed by atoms with Gasteiger partial charge in [-0.05, 0) is 28.5 Å². The highest BCUT2D eigenvalue weighted by atomic mass is 14.9. The third kappa shape index (κ3) is 2.26. The lowest BCUT2D eigenvalue weighted by atomic mass is 9.75. The minimum Gasteiger partial charge on any atom is -0.312 e. The van der Waals surface area contributed by atoms with Gasteiger partial charge in [0, 0.05) is 18.5 Å². The van der Waals surface area contributed by atoms with Crippen molar-refractivity contribution in [2.45, 2.75) is 58.4 Å². The fourth-order valence-electron chi connectivity index (χ4n) is 2.63. The van der Waals surface area contributed by atoms with Gasteiger partial charge in [0.15, 0.2) is 0 Å². The smallest absolute Gasteiger partial charge is 0.0208 e. The Balaban J connectivity index is 2.45. The second-order valence-electron chi connectivity index (χ2n) is 6.60. The van der Waals surface area contributed by atoms with Crippen LogP contribution in [-0.4, -0.2) is 6.54 Å². The highest BCUT2D eigenvalue weighted by Gasteiger charge is 2.28. The highest BCUT2D eigenvalue weighted by Crippen LogP contribution is 2.34. The van der Waals surface area contributed by atoms with Crippen molar-refractivity contribution in [3.63, 3.8) is 0 Å². The maximum atomic E-state index is 3.53. The average Bonchev–Trinajstić information content (AvgIpc) is 2.28. The first-order chi connectivity index (χ1) is 7.87. The summed E-state index contributed by atoms with van der Waals surface area (Å²) in [5, 5.41) is 3.53. The van der Waals surface area contributed by atoms with E-state index in [0.717, 1.165) is 13.1 Å². The van der Waals surface area contributed by atoms with Gasteiger partial charge in [-0.25, -0.2) is 0 Å². The average molecular weight is 231 g/mol. The Morgan fingerprint density at radius 2 is 2.00 bits per heavy atom. The standard InChI is InChI=1S/C16H25N/c1-6-15(2,3)13-7-8-14-12(9-13)10-17-11-16(14,4)5/h7-9,17H,6,10-11H2,1-5H3. The zero-order valence-corrected chi connectivity index (χ0v) is 11.9. The predicted molar refractivity (Wildman–Crippen MR) is 74.5 cm³/mol. The minimum absolute atomic E-state index is 0.266. The molecular formula is C16H25N. The number of fused-ring (bicyclic) bond motifs is 1. The predicted octanol–water partition coefficient (Wildman–Crippen LogP) is 3.76. The molecule has 0 aromatic heterocycles. The quantitative estimate of drug-likeness (QED) is 0.817. The summed E-state index contributed by atoms with van der Waals surface area (Å²) in [5.74, 6) is 0. The van der Waals surface area contributed by atoms with Crippen molar-refractivity contribution in [1.29, 1.82) is 0 Å². The molecule has 0 unspecified atom stereocenters. The van der Waals surface area contributed by atoms with E-state index in [9.17, 15) is 0 Å². The van der Waals surface area contributed by atoms with Crippen LogP contribution >= 0.6 is 0 Å². The molecule has 0 saturated carbocycles. The van der Waals surface area contributed by atoms with Crippen molar-refractivity contribution in [1.82, 2.24) is 5.32 Å². The lowest BCUT2D eigenvalue weighted by Crippen LogP contribution is -2.38. The van der Waals surface area contributed by atoms with E-state index in [1.807, 2.05) is 0 Å². The van der Waals surface area contributed by atoms with Crippen LogP contribution in [0.15, 0.2) is 18.2 Å². The van der Waals surface area contributed by atoms with Crippen molar-refractivity contribution in [3.8, 4) is 0 Å². The summed E-state index contributed by atoms with van der Waals surface area (Å²) in [6.45, 7) is 13.7. The molecule has 0 spiro atoms. The molecule has 1 heterocycles. The van der Waals surface area contributed by atoms with Crippen LogP contribution in [0.3, 0.4) is 0 Å². The summed E-state index contributed by atoms with van der Waals surface area (Å²) in [5.41, 5.74) is 5.03. The minimum atomic E-state index is 0.266. The molecule has 0 radical (unpaired) electrons. The second kappa shape index (κ2) is 4.13. The normalized spacial score (nSPS) is 18.9. The molecule has 2 rings (SSSR count). The number of hydrogen-bond acceptors (Lipinski definition) is 1. The van der Waals surface area contributed by atoms with Crippen molar-refractivity contribution in [3.05, 3.63) is 34.9 Å². The first-order valence-electron chi connectivity index (χ1n) is 6.71. The number of hydrogen-bond donors (Lipinski definition) is 1. The van der Waals surface area contributed by atoms with Crippen LogP contribution in [0.2, 0.25) is 0 Å². The molecule has 0 saturated heterocycles. The Bertz CT molecular complexity index is 416. The second-order valence-corrected chi connectivity index (χ2v) is 6.60. The zero-order chi connectivity index (χ0) is 12.7. The lowest BCUT2D eigenvalue weighted by molar-refractivity contribution is 0.432. The van der Waals surface area contributed by atoms with E-state index in [-0.39, 0.29) is 10.8 Å². The van der Waals surface area contributed by atoms with Gasteiger partial charge in [-0.2, -0.15) is 0 Å². The third-order valence-corrected chi connectivity index (χ3v) is 4.38. The fraction of sp³-hybridized carbons (Fsp3) is 0.625. The van der Waals surface area contributed by atoms with Gasteiger partial charge < -0.3 is 5.32 Å². The van der Waals surface area contributed by atoms with Gasteiger partial charge in [0.05, 0.1) is 0 Å². The molecule has 1 aromatic rings. The molecule has 1 nitrogen and oxygen atoms in total. The molecule has 0 amide bonds. The molecule has 0 bridgehead atoms. The van der Waals surface area contributed by atoms with Gasteiger partial charge in [-0.3, -0.25) is 0 Å². The van der Waals surface area contributed by atoms with Crippen molar-refractivity contribution in [2.75, 3.05) is 6.54 Å². The van der Waals surface area contributed by atoms with Crippen LogP contribution in [0.25, 0.3) is 0 Å². The van der Waals surface area contributed by atoms with Gasteiger partial charge in [0.2, 0.25) is 0 Å². The molecule has 1 aromatic carbocycles. The molecular weight excluding hydrogens is 206 g/mol. The molecule has 1 aliphatic rings. The fourth-order valence-corrected chi connectivity index (χ4v) is 2.63. The first kappa shape index (κ1) is 12.6. The van der Waals surface area contributed by atoms with Crippen molar-refractivity contribution >= 4 is 0 Å². The third-order valence-electron chi connectivity index (χ3n) is 4.38. The van der Waals surface area contributed by atoms with E-state index < -0.39 is 0 Å². The van der Waals surface area contributed by atoms with E-state index >= 15 is 0 Å². The summed E-state index contributed by atoms with van der Waals surface area (Å²) in [6.07, 6.45) is 1.18. The Morgan fingerprint density at radius 3 is 2.65 bits per heavy atom. The van der Waals surface area contributed by atoms with Crippen LogP contribution in [0.1, 0.15) is 57.7 Å².